The van der Waals surface area contributed by atoms with Gasteiger partial charge >= 0.3 is 12.6 Å². The summed E-state index contributed by atoms with van der Waals surface area (Å²) in [5.41, 5.74) is 4.09. The highest BCUT2D eigenvalue weighted by atomic mass is 19.3. The summed E-state index contributed by atoms with van der Waals surface area (Å²) in [7, 11) is 0. The molecule has 10 heteroatoms. The molecule has 0 radical (unpaired) electrons. The first-order valence-corrected chi connectivity index (χ1v) is 11.1. The molecule has 8 nitrogen and oxygen atoms in total. The second kappa shape index (κ2) is 10.9. The Morgan fingerprint density at radius 3 is 2.47 bits per heavy atom. The van der Waals surface area contributed by atoms with E-state index in [0.29, 0.717) is 23.2 Å². The molecule has 0 fully saturated rings. The van der Waals surface area contributed by atoms with E-state index >= 15 is 0 Å². The lowest BCUT2D eigenvalue weighted by Crippen LogP contribution is -2.30. The topological polar surface area (TPSA) is 104 Å². The highest BCUT2D eigenvalue weighted by Gasteiger charge is 2.21. The van der Waals surface area contributed by atoms with Crippen molar-refractivity contribution in [3.8, 4) is 17.0 Å². The van der Waals surface area contributed by atoms with E-state index in [1.165, 1.54) is 12.1 Å². The molecule has 0 spiro atoms. The average Bonchev–Trinajstić information content (AvgIpc) is 3.24. The van der Waals surface area contributed by atoms with Crippen LogP contribution in [-0.2, 0) is 16.0 Å². The number of carbonyl (C=O) groups excluding carboxylic acids is 2. The van der Waals surface area contributed by atoms with Crippen LogP contribution in [0.1, 0.15) is 27.2 Å². The van der Waals surface area contributed by atoms with Gasteiger partial charge < -0.3 is 19.3 Å². The maximum atomic E-state index is 12.9. The zero-order valence-corrected chi connectivity index (χ0v) is 19.6. The van der Waals surface area contributed by atoms with Crippen LogP contribution in [0.2, 0.25) is 0 Å². The highest BCUT2D eigenvalue weighted by molar-refractivity contribution is 6.04. The number of ether oxygens (including phenoxy) is 2. The van der Waals surface area contributed by atoms with Gasteiger partial charge in [0.05, 0.1) is 22.3 Å². The number of rotatable bonds is 9. The van der Waals surface area contributed by atoms with Crippen LogP contribution in [0.15, 0.2) is 59.1 Å². The fraction of sp³-hybridized carbons (Fsp3) is 0.231. The number of nitrogens with one attached hydrogen (secondary N) is 1. The molecular weight excluding hydrogens is 472 g/mol. The Balaban J connectivity index is 1.36. The molecule has 1 N–H and O–H groups in total. The van der Waals surface area contributed by atoms with Gasteiger partial charge in [0.25, 0.3) is 11.6 Å². The average molecular weight is 495 g/mol. The van der Waals surface area contributed by atoms with Gasteiger partial charge in [0, 0.05) is 12.1 Å². The summed E-state index contributed by atoms with van der Waals surface area (Å²) >= 11 is 0. The van der Waals surface area contributed by atoms with E-state index in [1.54, 1.807) is 25.1 Å². The van der Waals surface area contributed by atoms with E-state index in [2.05, 4.69) is 20.2 Å². The van der Waals surface area contributed by atoms with Crippen molar-refractivity contribution in [1.82, 2.24) is 15.5 Å². The number of fused-ring (bicyclic) bond motifs is 1. The summed E-state index contributed by atoms with van der Waals surface area (Å²) < 4.78 is 39.3. The van der Waals surface area contributed by atoms with Gasteiger partial charge in [-0.05, 0) is 44.0 Å². The maximum Gasteiger partial charge on any atom is 0.387 e. The molecule has 0 unspecified atom stereocenters. The Labute approximate surface area is 205 Å². The molecule has 2 heterocycles. The molecule has 1 amide bonds. The number of carbonyl (C=O) groups is 2. The van der Waals surface area contributed by atoms with Crippen molar-refractivity contribution in [3.05, 3.63) is 77.0 Å². The van der Waals surface area contributed by atoms with E-state index in [9.17, 15) is 18.4 Å². The lowest BCUT2D eigenvalue weighted by molar-refractivity contribution is -0.124. The summed E-state index contributed by atoms with van der Waals surface area (Å²) in [6, 6.07) is 15.3. The largest absolute Gasteiger partial charge is 0.452 e. The smallest absolute Gasteiger partial charge is 0.387 e. The number of hydrogen-bond acceptors (Lipinski definition) is 7. The molecule has 0 aliphatic rings. The second-order valence-corrected chi connectivity index (χ2v) is 8.07. The molecule has 0 saturated heterocycles. The molecule has 0 saturated carbocycles. The minimum atomic E-state index is -2.89. The molecule has 4 rings (SSSR count). The Kier molecular flexibility index (Phi) is 7.53. The fourth-order valence-corrected chi connectivity index (χ4v) is 3.57. The Hall–Kier alpha value is -4.34. The molecule has 2 aromatic carbocycles. The summed E-state index contributed by atoms with van der Waals surface area (Å²) in [5.74, 6) is -1.12. The van der Waals surface area contributed by atoms with E-state index in [-0.39, 0.29) is 23.6 Å². The monoisotopic (exact) mass is 495 g/mol. The zero-order valence-electron chi connectivity index (χ0n) is 19.6. The molecule has 0 bridgehead atoms. The molecule has 4 aromatic rings. The number of aromatic nitrogens is 2. The van der Waals surface area contributed by atoms with Crippen molar-refractivity contribution in [1.29, 1.82) is 0 Å². The van der Waals surface area contributed by atoms with E-state index in [4.69, 9.17) is 9.26 Å². The Bertz CT molecular complexity index is 1370. The SMILES string of the molecule is Cc1ccc(-c2cc(C(=O)OCC(=O)NCCc3ccc(OC(F)F)cc3)c3c(C)noc3n2)cc1. The maximum absolute atomic E-state index is 12.9. The van der Waals surface area contributed by atoms with Gasteiger partial charge in [0.2, 0.25) is 0 Å². The number of alkyl halides is 2. The van der Waals surface area contributed by atoms with E-state index < -0.39 is 25.1 Å². The molecule has 186 valence electrons. The normalized spacial score (nSPS) is 11.0. The van der Waals surface area contributed by atoms with Crippen molar-refractivity contribution in [2.45, 2.75) is 26.9 Å². The first-order valence-electron chi connectivity index (χ1n) is 11.1. The quantitative estimate of drug-likeness (QED) is 0.338. The number of esters is 1. The van der Waals surface area contributed by atoms with Crippen LogP contribution < -0.4 is 10.1 Å². The second-order valence-electron chi connectivity index (χ2n) is 8.07. The van der Waals surface area contributed by atoms with Gasteiger partial charge in [-0.25, -0.2) is 9.78 Å². The molecule has 0 aliphatic carbocycles. The van der Waals surface area contributed by atoms with Crippen molar-refractivity contribution < 1.29 is 32.4 Å². The summed E-state index contributed by atoms with van der Waals surface area (Å²) in [6.07, 6.45) is 0.458. The van der Waals surface area contributed by atoms with Gasteiger partial charge in [-0.15, -0.1) is 0 Å². The van der Waals surface area contributed by atoms with Gasteiger partial charge in [0.15, 0.2) is 6.61 Å². The first-order chi connectivity index (χ1) is 17.3. The van der Waals surface area contributed by atoms with Crippen LogP contribution in [0, 0.1) is 13.8 Å². The van der Waals surface area contributed by atoms with Crippen LogP contribution in [-0.4, -0.2) is 41.8 Å². The molecule has 0 aliphatic heterocycles. The molecule has 0 atom stereocenters. The van der Waals surface area contributed by atoms with Gasteiger partial charge in [-0.1, -0.05) is 47.1 Å². The minimum absolute atomic E-state index is 0.0588. The third-order valence-corrected chi connectivity index (χ3v) is 5.40. The van der Waals surface area contributed by atoms with E-state index in [0.717, 1.165) is 16.7 Å². The number of nitrogens with zero attached hydrogens (tertiary/aromatic N) is 2. The minimum Gasteiger partial charge on any atom is -0.452 e. The highest BCUT2D eigenvalue weighted by Crippen LogP contribution is 2.27. The van der Waals surface area contributed by atoms with Crippen LogP contribution >= 0.6 is 0 Å². The van der Waals surface area contributed by atoms with Crippen LogP contribution in [0.3, 0.4) is 0 Å². The standard InChI is InChI=1S/C26H23F2N3O5/c1-15-3-7-18(8-4-15)21-13-20(23-16(2)31-36-24(23)30-21)25(33)34-14-22(32)29-12-11-17-5-9-19(10-6-17)35-26(27)28/h3-10,13,26H,11-12,14H2,1-2H3,(H,29,32). The lowest BCUT2D eigenvalue weighted by Gasteiger charge is -2.09. The Morgan fingerprint density at radius 1 is 1.06 bits per heavy atom. The van der Waals surface area contributed by atoms with Crippen molar-refractivity contribution in [2.75, 3.05) is 13.2 Å². The van der Waals surface area contributed by atoms with Crippen molar-refractivity contribution >= 4 is 23.0 Å². The number of amides is 1. The number of aryl methyl sites for hydroxylation is 2. The van der Waals surface area contributed by atoms with Crippen molar-refractivity contribution in [2.24, 2.45) is 0 Å². The number of benzene rings is 2. The summed E-state index contributed by atoms with van der Waals surface area (Å²) in [6.45, 7) is 0.565. The van der Waals surface area contributed by atoms with Gasteiger partial charge in [-0.3, -0.25) is 4.79 Å². The van der Waals surface area contributed by atoms with Crippen LogP contribution in [0.5, 0.6) is 5.75 Å². The predicted molar refractivity (Wildman–Crippen MR) is 127 cm³/mol. The lowest BCUT2D eigenvalue weighted by atomic mass is 10.0. The number of hydrogen-bond donors (Lipinski definition) is 1. The van der Waals surface area contributed by atoms with Crippen LogP contribution in [0.25, 0.3) is 22.4 Å². The molecular formula is C26H23F2N3O5. The molecule has 36 heavy (non-hydrogen) atoms. The predicted octanol–water partition coefficient (Wildman–Crippen LogP) is 4.62. The summed E-state index contributed by atoms with van der Waals surface area (Å²) in [4.78, 5) is 29.6. The third kappa shape index (κ3) is 6.01. The van der Waals surface area contributed by atoms with Crippen molar-refractivity contribution in [3.63, 3.8) is 0 Å². The number of halogens is 2. The van der Waals surface area contributed by atoms with E-state index in [1.807, 2.05) is 31.2 Å². The van der Waals surface area contributed by atoms with Crippen LogP contribution in [0.4, 0.5) is 8.78 Å². The third-order valence-electron chi connectivity index (χ3n) is 5.40. The van der Waals surface area contributed by atoms with Gasteiger partial charge in [0.1, 0.15) is 5.75 Å². The summed E-state index contributed by atoms with van der Waals surface area (Å²) in [5, 5.41) is 6.99. The van der Waals surface area contributed by atoms with Gasteiger partial charge in [-0.2, -0.15) is 8.78 Å². The zero-order chi connectivity index (χ0) is 25.7. The number of pyridine rings is 1. The molecule has 2 aromatic heterocycles. The Morgan fingerprint density at radius 2 is 1.78 bits per heavy atom. The first kappa shape index (κ1) is 24.8. The fourth-order valence-electron chi connectivity index (χ4n) is 3.57.